The van der Waals surface area contributed by atoms with E-state index in [1.165, 1.54) is 11.8 Å². The normalized spacial score (nSPS) is 10.9. The number of carbonyl (C=O) groups is 1. The van der Waals surface area contributed by atoms with Crippen LogP contribution >= 0.6 is 11.8 Å². The number of hydrogen-bond donors (Lipinski definition) is 1. The van der Waals surface area contributed by atoms with E-state index in [0.717, 1.165) is 16.4 Å². The molecule has 0 bridgehead atoms. The molecular formula is C18H20N4O3S. The number of rotatable bonds is 7. The second kappa shape index (κ2) is 8.20. The molecule has 0 saturated heterocycles. The standard InChI is InChI=1S/C18H20N4O3S/c1-12-6-4-5-7-14(12)22-16(20-21-18(22)26-3)10-19-17(23)15-9-8-13(25-15)11-24-2/h4-9H,10-11H2,1-3H3,(H,19,23). The van der Waals surface area contributed by atoms with E-state index in [1.54, 1.807) is 19.2 Å². The Labute approximate surface area is 155 Å². The fourth-order valence-corrected chi connectivity index (χ4v) is 3.08. The van der Waals surface area contributed by atoms with Crippen molar-refractivity contribution in [3.63, 3.8) is 0 Å². The Kier molecular flexibility index (Phi) is 5.75. The third-order valence-electron chi connectivity index (χ3n) is 3.82. The summed E-state index contributed by atoms with van der Waals surface area (Å²) in [7, 11) is 1.57. The lowest BCUT2D eigenvalue weighted by atomic mass is 10.2. The van der Waals surface area contributed by atoms with Crippen molar-refractivity contribution in [1.29, 1.82) is 0 Å². The predicted molar refractivity (Wildman–Crippen MR) is 98.5 cm³/mol. The molecule has 0 fully saturated rings. The van der Waals surface area contributed by atoms with Crippen LogP contribution in [-0.4, -0.2) is 34.0 Å². The summed E-state index contributed by atoms with van der Waals surface area (Å²) in [5.74, 6) is 1.19. The Balaban J connectivity index is 1.79. The van der Waals surface area contributed by atoms with Gasteiger partial charge in [-0.25, -0.2) is 0 Å². The van der Waals surface area contributed by atoms with Gasteiger partial charge in [0.1, 0.15) is 12.4 Å². The van der Waals surface area contributed by atoms with Gasteiger partial charge in [0.15, 0.2) is 16.7 Å². The highest BCUT2D eigenvalue weighted by atomic mass is 32.2. The van der Waals surface area contributed by atoms with Crippen LogP contribution in [0.5, 0.6) is 0 Å². The topological polar surface area (TPSA) is 82.2 Å². The number of methoxy groups -OCH3 is 1. The minimum absolute atomic E-state index is 0.237. The van der Waals surface area contributed by atoms with Gasteiger partial charge in [0.05, 0.1) is 12.2 Å². The van der Waals surface area contributed by atoms with Gasteiger partial charge < -0.3 is 14.5 Å². The lowest BCUT2D eigenvalue weighted by Crippen LogP contribution is -2.24. The molecule has 0 saturated carbocycles. The third-order valence-corrected chi connectivity index (χ3v) is 4.45. The van der Waals surface area contributed by atoms with Crippen molar-refractivity contribution in [2.45, 2.75) is 25.2 Å². The number of nitrogens with one attached hydrogen (secondary N) is 1. The fraction of sp³-hybridized carbons (Fsp3) is 0.278. The van der Waals surface area contributed by atoms with Crippen molar-refractivity contribution in [1.82, 2.24) is 20.1 Å². The summed E-state index contributed by atoms with van der Waals surface area (Å²) in [6, 6.07) is 11.3. The van der Waals surface area contributed by atoms with Crippen molar-refractivity contribution in [2.75, 3.05) is 13.4 Å². The average molecular weight is 372 g/mol. The minimum Gasteiger partial charge on any atom is -0.453 e. The Morgan fingerprint density at radius 2 is 2.08 bits per heavy atom. The Bertz CT molecular complexity index is 903. The first-order valence-electron chi connectivity index (χ1n) is 8.04. The van der Waals surface area contributed by atoms with Crippen LogP contribution in [0.1, 0.15) is 27.7 Å². The molecule has 0 radical (unpaired) electrons. The molecular weight excluding hydrogens is 352 g/mol. The summed E-state index contributed by atoms with van der Waals surface area (Å²) in [5.41, 5.74) is 2.09. The molecule has 26 heavy (non-hydrogen) atoms. The van der Waals surface area contributed by atoms with E-state index in [4.69, 9.17) is 9.15 Å². The van der Waals surface area contributed by atoms with E-state index in [2.05, 4.69) is 15.5 Å². The summed E-state index contributed by atoms with van der Waals surface area (Å²) < 4.78 is 12.4. The minimum atomic E-state index is -0.308. The highest BCUT2D eigenvalue weighted by Gasteiger charge is 2.17. The zero-order valence-corrected chi connectivity index (χ0v) is 15.7. The number of ether oxygens (including phenoxy) is 1. The molecule has 0 aliphatic rings. The largest absolute Gasteiger partial charge is 0.453 e. The number of aromatic nitrogens is 3. The van der Waals surface area contributed by atoms with Crippen molar-refractivity contribution < 1.29 is 13.9 Å². The van der Waals surface area contributed by atoms with E-state index in [-0.39, 0.29) is 18.2 Å². The number of benzene rings is 1. The number of amides is 1. The second-order valence-corrected chi connectivity index (χ2v) is 6.38. The molecule has 3 rings (SSSR count). The van der Waals surface area contributed by atoms with Crippen LogP contribution in [0, 0.1) is 6.92 Å². The number of hydrogen-bond acceptors (Lipinski definition) is 6. The van der Waals surface area contributed by atoms with Crippen molar-refractivity contribution in [3.8, 4) is 5.69 Å². The van der Waals surface area contributed by atoms with Gasteiger partial charge in [-0.05, 0) is 36.9 Å². The fourth-order valence-electron chi connectivity index (χ4n) is 2.57. The van der Waals surface area contributed by atoms with Gasteiger partial charge in [0.2, 0.25) is 0 Å². The average Bonchev–Trinajstić information content (AvgIpc) is 3.27. The molecule has 3 aromatic rings. The lowest BCUT2D eigenvalue weighted by molar-refractivity contribution is 0.0913. The molecule has 7 nitrogen and oxygen atoms in total. The molecule has 0 aliphatic carbocycles. The molecule has 1 N–H and O–H groups in total. The lowest BCUT2D eigenvalue weighted by Gasteiger charge is -2.12. The van der Waals surface area contributed by atoms with Gasteiger partial charge >= 0.3 is 0 Å². The first-order valence-corrected chi connectivity index (χ1v) is 9.26. The number of nitrogens with zero attached hydrogens (tertiary/aromatic N) is 3. The summed E-state index contributed by atoms with van der Waals surface area (Å²) in [4.78, 5) is 12.3. The number of thioether (sulfide) groups is 1. The summed E-state index contributed by atoms with van der Waals surface area (Å²) >= 11 is 1.50. The molecule has 0 spiro atoms. The number of furan rings is 1. The van der Waals surface area contributed by atoms with Crippen LogP contribution in [0.2, 0.25) is 0 Å². The monoisotopic (exact) mass is 372 g/mol. The van der Waals surface area contributed by atoms with Crippen LogP contribution in [0.15, 0.2) is 46.0 Å². The Morgan fingerprint density at radius 1 is 1.27 bits per heavy atom. The van der Waals surface area contributed by atoms with Gasteiger partial charge in [-0.1, -0.05) is 30.0 Å². The van der Waals surface area contributed by atoms with Crippen LogP contribution < -0.4 is 5.32 Å². The number of aryl methyl sites for hydroxylation is 1. The number of carbonyl (C=O) groups excluding carboxylic acids is 1. The van der Waals surface area contributed by atoms with E-state index in [0.29, 0.717) is 18.2 Å². The zero-order valence-electron chi connectivity index (χ0n) is 14.9. The van der Waals surface area contributed by atoms with E-state index < -0.39 is 0 Å². The third kappa shape index (κ3) is 3.81. The summed E-state index contributed by atoms with van der Waals surface area (Å²) in [5, 5.41) is 12.0. The van der Waals surface area contributed by atoms with Gasteiger partial charge in [-0.15, -0.1) is 10.2 Å². The van der Waals surface area contributed by atoms with E-state index in [1.807, 2.05) is 42.0 Å². The van der Waals surface area contributed by atoms with Gasteiger partial charge in [0, 0.05) is 7.11 Å². The maximum atomic E-state index is 12.3. The summed E-state index contributed by atoms with van der Waals surface area (Å²) in [6.45, 7) is 2.59. The smallest absolute Gasteiger partial charge is 0.287 e. The zero-order chi connectivity index (χ0) is 18.5. The highest BCUT2D eigenvalue weighted by molar-refractivity contribution is 7.98. The van der Waals surface area contributed by atoms with Crippen molar-refractivity contribution in [2.24, 2.45) is 0 Å². The molecule has 1 amide bonds. The first kappa shape index (κ1) is 18.2. The quantitative estimate of drug-likeness (QED) is 0.642. The molecule has 8 heteroatoms. The Morgan fingerprint density at radius 3 is 2.81 bits per heavy atom. The molecule has 2 aromatic heterocycles. The van der Waals surface area contributed by atoms with Crippen molar-refractivity contribution >= 4 is 17.7 Å². The maximum Gasteiger partial charge on any atom is 0.287 e. The maximum absolute atomic E-state index is 12.3. The van der Waals surface area contributed by atoms with E-state index >= 15 is 0 Å². The number of para-hydroxylation sites is 1. The molecule has 0 unspecified atom stereocenters. The molecule has 0 atom stereocenters. The van der Waals surface area contributed by atoms with Crippen LogP contribution in [0.3, 0.4) is 0 Å². The molecule has 1 aromatic carbocycles. The Hall–Kier alpha value is -2.58. The highest BCUT2D eigenvalue weighted by Crippen LogP contribution is 2.22. The van der Waals surface area contributed by atoms with Gasteiger partial charge in [-0.3, -0.25) is 9.36 Å². The van der Waals surface area contributed by atoms with Gasteiger partial charge in [-0.2, -0.15) is 0 Å². The van der Waals surface area contributed by atoms with Crippen LogP contribution in [-0.2, 0) is 17.9 Å². The molecule has 136 valence electrons. The second-order valence-electron chi connectivity index (χ2n) is 5.61. The first-order chi connectivity index (χ1) is 12.6. The van der Waals surface area contributed by atoms with Crippen LogP contribution in [0.25, 0.3) is 5.69 Å². The van der Waals surface area contributed by atoms with E-state index in [9.17, 15) is 4.79 Å². The summed E-state index contributed by atoms with van der Waals surface area (Å²) in [6.07, 6.45) is 1.95. The molecule has 2 heterocycles. The van der Waals surface area contributed by atoms with Crippen LogP contribution in [0.4, 0.5) is 0 Å². The SMILES string of the molecule is COCc1ccc(C(=O)NCc2nnc(SC)n2-c2ccccc2C)o1. The predicted octanol–water partition coefficient (Wildman–Crippen LogP) is 2.97. The molecule has 0 aliphatic heterocycles. The van der Waals surface area contributed by atoms with Crippen molar-refractivity contribution in [3.05, 3.63) is 59.3 Å². The van der Waals surface area contributed by atoms with Gasteiger partial charge in [0.25, 0.3) is 5.91 Å².